The van der Waals surface area contributed by atoms with Gasteiger partial charge >= 0.3 is 6.03 Å². The summed E-state index contributed by atoms with van der Waals surface area (Å²) in [4.78, 5) is 26.7. The van der Waals surface area contributed by atoms with Crippen molar-refractivity contribution < 1.29 is 9.72 Å². The monoisotopic (exact) mass is 265 g/mol. The number of carbonyl (C=O) groups excluding carboxylic acids is 1. The Morgan fingerprint density at radius 1 is 1.58 bits per heavy atom. The van der Waals surface area contributed by atoms with E-state index in [0.29, 0.717) is 18.9 Å². The molecule has 3 N–H and O–H groups in total. The second-order valence-electron chi connectivity index (χ2n) is 4.43. The van der Waals surface area contributed by atoms with Gasteiger partial charge < -0.3 is 16.0 Å². The Kier molecular flexibility index (Phi) is 3.79. The van der Waals surface area contributed by atoms with E-state index in [4.69, 9.17) is 5.73 Å². The lowest BCUT2D eigenvalue weighted by molar-refractivity contribution is -0.385. The van der Waals surface area contributed by atoms with Gasteiger partial charge in [-0.25, -0.2) is 9.78 Å². The highest BCUT2D eigenvalue weighted by molar-refractivity contribution is 5.72. The number of amides is 2. The molecule has 1 aromatic rings. The first-order chi connectivity index (χ1) is 9.06. The molecule has 1 unspecified atom stereocenters. The van der Waals surface area contributed by atoms with Crippen LogP contribution in [0.15, 0.2) is 18.3 Å². The van der Waals surface area contributed by atoms with Crippen LogP contribution < -0.4 is 11.1 Å². The van der Waals surface area contributed by atoms with E-state index in [0.717, 1.165) is 12.8 Å². The summed E-state index contributed by atoms with van der Waals surface area (Å²) in [6, 6.07) is 2.59. The molecule has 1 aromatic heterocycles. The van der Waals surface area contributed by atoms with Gasteiger partial charge in [-0.05, 0) is 18.9 Å². The zero-order chi connectivity index (χ0) is 13.8. The van der Waals surface area contributed by atoms with Crippen LogP contribution >= 0.6 is 0 Å². The number of nitrogens with one attached hydrogen (secondary N) is 1. The van der Waals surface area contributed by atoms with Gasteiger partial charge in [-0.1, -0.05) is 0 Å². The summed E-state index contributed by atoms with van der Waals surface area (Å²) >= 11 is 0. The smallest absolute Gasteiger partial charge is 0.314 e. The van der Waals surface area contributed by atoms with Gasteiger partial charge in [0.15, 0.2) is 0 Å². The molecule has 0 radical (unpaired) electrons. The van der Waals surface area contributed by atoms with Crippen LogP contribution in [0.3, 0.4) is 0 Å². The van der Waals surface area contributed by atoms with E-state index >= 15 is 0 Å². The Balaban J connectivity index is 1.96. The Bertz CT molecular complexity index is 476. The highest BCUT2D eigenvalue weighted by Crippen LogP contribution is 2.16. The quantitative estimate of drug-likeness (QED) is 0.623. The van der Waals surface area contributed by atoms with Gasteiger partial charge in [0.2, 0.25) is 0 Å². The molecule has 8 nitrogen and oxygen atoms in total. The van der Waals surface area contributed by atoms with Crippen LogP contribution in [0.1, 0.15) is 12.8 Å². The molecule has 1 aliphatic rings. The Morgan fingerprint density at radius 2 is 2.37 bits per heavy atom. The number of primary amides is 1. The van der Waals surface area contributed by atoms with Gasteiger partial charge in [-0.15, -0.1) is 0 Å². The zero-order valence-corrected chi connectivity index (χ0v) is 10.3. The van der Waals surface area contributed by atoms with Crippen molar-refractivity contribution in [1.29, 1.82) is 0 Å². The Hall–Kier alpha value is -2.38. The summed E-state index contributed by atoms with van der Waals surface area (Å²) in [6.45, 7) is 1.19. The van der Waals surface area contributed by atoms with E-state index in [1.807, 2.05) is 0 Å². The molecule has 0 aromatic carbocycles. The maximum absolute atomic E-state index is 11.1. The number of hydrogen-bond donors (Lipinski definition) is 2. The maximum Gasteiger partial charge on any atom is 0.314 e. The molecule has 0 aliphatic carbocycles. The van der Waals surface area contributed by atoms with Crippen molar-refractivity contribution in [1.82, 2.24) is 9.88 Å². The first-order valence-corrected chi connectivity index (χ1v) is 5.97. The molecule has 1 aliphatic heterocycles. The van der Waals surface area contributed by atoms with Crippen LogP contribution in [0.2, 0.25) is 0 Å². The van der Waals surface area contributed by atoms with Crippen molar-refractivity contribution in [2.24, 2.45) is 5.73 Å². The van der Waals surface area contributed by atoms with Gasteiger partial charge in [0.05, 0.1) is 4.92 Å². The maximum atomic E-state index is 11.1. The topological polar surface area (TPSA) is 114 Å². The molecular formula is C11H15N5O3. The summed E-state index contributed by atoms with van der Waals surface area (Å²) in [5.41, 5.74) is 5.20. The molecule has 102 valence electrons. The lowest BCUT2D eigenvalue weighted by Gasteiger charge is -2.32. The highest BCUT2D eigenvalue weighted by Gasteiger charge is 2.22. The third-order valence-electron chi connectivity index (χ3n) is 3.04. The molecule has 2 heterocycles. The second-order valence-corrected chi connectivity index (χ2v) is 4.43. The number of urea groups is 1. The summed E-state index contributed by atoms with van der Waals surface area (Å²) in [6.07, 6.45) is 2.98. The van der Waals surface area contributed by atoms with Crippen molar-refractivity contribution in [3.8, 4) is 0 Å². The van der Waals surface area contributed by atoms with Crippen molar-refractivity contribution in [2.45, 2.75) is 18.9 Å². The third kappa shape index (κ3) is 3.30. The number of carbonyl (C=O) groups is 1. The lowest BCUT2D eigenvalue weighted by Crippen LogP contribution is -2.47. The Labute approximate surface area is 109 Å². The average molecular weight is 265 g/mol. The molecular weight excluding hydrogens is 250 g/mol. The molecule has 0 bridgehead atoms. The minimum atomic E-state index is -0.494. The normalized spacial score (nSPS) is 18.9. The van der Waals surface area contributed by atoms with Crippen LogP contribution in [-0.2, 0) is 0 Å². The van der Waals surface area contributed by atoms with Crippen LogP contribution in [0.4, 0.5) is 16.3 Å². The van der Waals surface area contributed by atoms with Crippen LogP contribution in [-0.4, -0.2) is 40.0 Å². The highest BCUT2D eigenvalue weighted by atomic mass is 16.6. The number of piperidine rings is 1. The molecule has 2 amide bonds. The van der Waals surface area contributed by atoms with Gasteiger partial charge in [-0.3, -0.25) is 10.1 Å². The minimum absolute atomic E-state index is 0.0482. The summed E-state index contributed by atoms with van der Waals surface area (Å²) < 4.78 is 0. The van der Waals surface area contributed by atoms with Crippen molar-refractivity contribution in [2.75, 3.05) is 18.4 Å². The predicted octanol–water partition coefficient (Wildman–Crippen LogP) is 0.945. The van der Waals surface area contributed by atoms with E-state index in [2.05, 4.69) is 10.3 Å². The van der Waals surface area contributed by atoms with Gasteiger partial charge in [-0.2, -0.15) is 0 Å². The summed E-state index contributed by atoms with van der Waals surface area (Å²) in [7, 11) is 0. The van der Waals surface area contributed by atoms with Crippen LogP contribution in [0.5, 0.6) is 0 Å². The number of rotatable bonds is 3. The minimum Gasteiger partial charge on any atom is -0.366 e. The fourth-order valence-electron chi connectivity index (χ4n) is 2.08. The number of aromatic nitrogens is 1. The van der Waals surface area contributed by atoms with Crippen molar-refractivity contribution >= 4 is 17.5 Å². The number of nitrogens with two attached hydrogens (primary N) is 1. The number of anilines is 1. The molecule has 1 saturated heterocycles. The molecule has 2 rings (SSSR count). The third-order valence-corrected chi connectivity index (χ3v) is 3.04. The van der Waals surface area contributed by atoms with Crippen LogP contribution in [0.25, 0.3) is 0 Å². The van der Waals surface area contributed by atoms with E-state index in [-0.39, 0.29) is 11.7 Å². The molecule has 8 heteroatoms. The average Bonchev–Trinajstić information content (AvgIpc) is 2.39. The Morgan fingerprint density at radius 3 is 2.95 bits per heavy atom. The summed E-state index contributed by atoms with van der Waals surface area (Å²) in [5.74, 6) is 0.557. The first kappa shape index (κ1) is 13.1. The lowest BCUT2D eigenvalue weighted by atomic mass is 10.1. The molecule has 19 heavy (non-hydrogen) atoms. The zero-order valence-electron chi connectivity index (χ0n) is 10.3. The number of hydrogen-bond acceptors (Lipinski definition) is 5. The van der Waals surface area contributed by atoms with Gasteiger partial charge in [0.1, 0.15) is 12.0 Å². The molecule has 0 spiro atoms. The molecule has 1 atom stereocenters. The second kappa shape index (κ2) is 5.51. The molecule has 1 fully saturated rings. The number of likely N-dealkylation sites (tertiary alicyclic amines) is 1. The fraction of sp³-hybridized carbons (Fsp3) is 0.455. The SMILES string of the molecule is NC(=O)N1CCCC(Nc2ccc([N+](=O)[O-])cn2)C1. The van der Waals surface area contributed by atoms with Gasteiger partial charge in [0, 0.05) is 25.2 Å². The summed E-state index contributed by atoms with van der Waals surface area (Å²) in [5, 5.41) is 13.7. The van der Waals surface area contributed by atoms with Crippen molar-refractivity contribution in [3.63, 3.8) is 0 Å². The predicted molar refractivity (Wildman–Crippen MR) is 68.7 cm³/mol. The largest absolute Gasteiger partial charge is 0.366 e. The fourth-order valence-corrected chi connectivity index (χ4v) is 2.08. The standard InChI is InChI=1S/C11H15N5O3/c12-11(17)15-5-1-2-8(7-15)14-10-4-3-9(6-13-10)16(18)19/h3-4,6,8H,1-2,5,7H2,(H2,12,17)(H,13,14). The van der Waals surface area contributed by atoms with E-state index in [1.165, 1.54) is 12.3 Å². The number of pyridine rings is 1. The van der Waals surface area contributed by atoms with Gasteiger partial charge in [0.25, 0.3) is 5.69 Å². The van der Waals surface area contributed by atoms with Crippen LogP contribution in [0, 0.1) is 10.1 Å². The first-order valence-electron chi connectivity index (χ1n) is 5.97. The number of nitro groups is 1. The van der Waals surface area contributed by atoms with E-state index in [1.54, 1.807) is 11.0 Å². The molecule has 0 saturated carbocycles. The van der Waals surface area contributed by atoms with Crippen molar-refractivity contribution in [3.05, 3.63) is 28.4 Å². The van der Waals surface area contributed by atoms with E-state index < -0.39 is 11.0 Å². The van der Waals surface area contributed by atoms with E-state index in [9.17, 15) is 14.9 Å². The number of nitrogens with zero attached hydrogens (tertiary/aromatic N) is 3.